The van der Waals surface area contributed by atoms with E-state index in [1.807, 2.05) is 72.8 Å². The Balaban J connectivity index is 1.66. The molecule has 1 atom stereocenters. The molecule has 42 heavy (non-hydrogen) atoms. The van der Waals surface area contributed by atoms with Gasteiger partial charge >= 0.3 is 0 Å². The van der Waals surface area contributed by atoms with Crippen molar-refractivity contribution < 1.29 is 23.8 Å². The fourth-order valence-electron chi connectivity index (χ4n) is 4.66. The summed E-state index contributed by atoms with van der Waals surface area (Å²) in [5, 5.41) is 3.67. The van der Waals surface area contributed by atoms with E-state index in [1.165, 1.54) is 0 Å². The van der Waals surface area contributed by atoms with Gasteiger partial charge < -0.3 is 24.4 Å². The van der Waals surface area contributed by atoms with Gasteiger partial charge in [0.1, 0.15) is 11.8 Å². The first kappa shape index (κ1) is 30.5. The zero-order chi connectivity index (χ0) is 29.9. The molecule has 7 nitrogen and oxygen atoms in total. The van der Waals surface area contributed by atoms with Crippen LogP contribution in [0.4, 0.5) is 0 Å². The average Bonchev–Trinajstić information content (AvgIpc) is 3.03. The quantitative estimate of drug-likeness (QED) is 0.212. The van der Waals surface area contributed by atoms with Gasteiger partial charge in [0.2, 0.25) is 11.8 Å². The van der Waals surface area contributed by atoms with Crippen LogP contribution in [0.2, 0.25) is 5.02 Å². The molecule has 8 heteroatoms. The van der Waals surface area contributed by atoms with Crippen molar-refractivity contribution in [3.05, 3.63) is 124 Å². The molecule has 0 saturated heterocycles. The normalized spacial score (nSPS) is 11.3. The first-order valence-corrected chi connectivity index (χ1v) is 14.0. The Bertz CT molecular complexity index is 1460. The van der Waals surface area contributed by atoms with Crippen molar-refractivity contribution in [2.24, 2.45) is 0 Å². The second-order valence-corrected chi connectivity index (χ2v) is 10.2. The average molecular weight is 587 g/mol. The monoisotopic (exact) mass is 586 g/mol. The summed E-state index contributed by atoms with van der Waals surface area (Å²) >= 11 is 6.04. The van der Waals surface area contributed by atoms with Crippen LogP contribution >= 0.6 is 11.6 Å². The number of nitrogens with zero attached hydrogens (tertiary/aromatic N) is 1. The largest absolute Gasteiger partial charge is 0.497 e. The molecule has 0 aliphatic heterocycles. The molecule has 4 aromatic carbocycles. The number of carbonyl (C=O) groups is 2. The third-order valence-electron chi connectivity index (χ3n) is 6.97. The number of amides is 2. The Morgan fingerprint density at radius 2 is 1.38 bits per heavy atom. The Morgan fingerprint density at radius 3 is 2.02 bits per heavy atom. The Labute approximate surface area is 252 Å². The standard InChI is InChI=1S/C34H35ClN2O5/c1-40-29-16-11-26(12-17-29)23-37(33(38)21-27-13-18-31(41-2)32(20-27)42-3)30(19-24-7-5-4-6-8-24)34(39)36-22-25-9-14-28(35)15-10-25/h4-18,20,30H,19,21-23H2,1-3H3,(H,36,39). The predicted molar refractivity (Wildman–Crippen MR) is 164 cm³/mol. The van der Waals surface area contributed by atoms with Crippen molar-refractivity contribution in [2.45, 2.75) is 32.0 Å². The molecule has 0 aliphatic rings. The van der Waals surface area contributed by atoms with Gasteiger partial charge in [0, 0.05) is 24.5 Å². The molecular formula is C34H35ClN2O5. The third-order valence-corrected chi connectivity index (χ3v) is 7.22. The molecule has 0 saturated carbocycles. The van der Waals surface area contributed by atoms with E-state index in [1.54, 1.807) is 50.5 Å². The van der Waals surface area contributed by atoms with Crippen molar-refractivity contribution in [3.8, 4) is 17.2 Å². The molecule has 2 amide bonds. The maximum Gasteiger partial charge on any atom is 0.243 e. The summed E-state index contributed by atoms with van der Waals surface area (Å²) in [5.41, 5.74) is 3.48. The third kappa shape index (κ3) is 8.27. The van der Waals surface area contributed by atoms with Gasteiger partial charge in [0.15, 0.2) is 11.5 Å². The van der Waals surface area contributed by atoms with Crippen LogP contribution in [0.1, 0.15) is 22.3 Å². The molecule has 0 bridgehead atoms. The lowest BCUT2D eigenvalue weighted by Crippen LogP contribution is -2.50. The van der Waals surface area contributed by atoms with E-state index in [4.69, 9.17) is 25.8 Å². The summed E-state index contributed by atoms with van der Waals surface area (Å²) in [6, 6.07) is 29.1. The highest BCUT2D eigenvalue weighted by molar-refractivity contribution is 6.30. The van der Waals surface area contributed by atoms with Crippen LogP contribution in [0.5, 0.6) is 17.2 Å². The van der Waals surface area contributed by atoms with Crippen LogP contribution in [-0.4, -0.2) is 44.1 Å². The molecule has 4 rings (SSSR count). The molecule has 1 unspecified atom stereocenters. The highest BCUT2D eigenvalue weighted by atomic mass is 35.5. The zero-order valence-corrected chi connectivity index (χ0v) is 24.8. The van der Waals surface area contributed by atoms with E-state index in [-0.39, 0.29) is 24.8 Å². The van der Waals surface area contributed by atoms with Crippen LogP contribution < -0.4 is 19.5 Å². The van der Waals surface area contributed by atoms with Gasteiger partial charge in [0.05, 0.1) is 27.8 Å². The number of halogens is 1. The molecule has 0 fully saturated rings. The van der Waals surface area contributed by atoms with Crippen LogP contribution in [0, 0.1) is 0 Å². The van der Waals surface area contributed by atoms with Gasteiger partial charge in [-0.1, -0.05) is 72.3 Å². The minimum Gasteiger partial charge on any atom is -0.497 e. The smallest absolute Gasteiger partial charge is 0.243 e. The van der Waals surface area contributed by atoms with Crippen LogP contribution in [-0.2, 0) is 35.5 Å². The van der Waals surface area contributed by atoms with E-state index in [0.717, 1.165) is 22.3 Å². The summed E-state index contributed by atoms with van der Waals surface area (Å²) in [5.74, 6) is 1.38. The number of carbonyl (C=O) groups excluding carboxylic acids is 2. The predicted octanol–water partition coefficient (Wildman–Crippen LogP) is 5.86. The minimum atomic E-state index is -0.769. The van der Waals surface area contributed by atoms with Gasteiger partial charge in [-0.05, 0) is 58.7 Å². The number of rotatable bonds is 13. The molecule has 0 spiro atoms. The fourth-order valence-corrected chi connectivity index (χ4v) is 4.78. The lowest BCUT2D eigenvalue weighted by Gasteiger charge is -2.32. The van der Waals surface area contributed by atoms with Crippen LogP contribution in [0.25, 0.3) is 0 Å². The van der Waals surface area contributed by atoms with Gasteiger partial charge in [0.25, 0.3) is 0 Å². The second kappa shape index (κ2) is 14.9. The first-order valence-electron chi connectivity index (χ1n) is 13.6. The Morgan fingerprint density at radius 1 is 0.738 bits per heavy atom. The number of hydrogen-bond donors (Lipinski definition) is 1. The van der Waals surface area contributed by atoms with E-state index in [2.05, 4.69) is 5.32 Å². The number of ether oxygens (including phenoxy) is 3. The molecule has 0 radical (unpaired) electrons. The van der Waals surface area contributed by atoms with Crippen molar-refractivity contribution >= 4 is 23.4 Å². The molecule has 0 aliphatic carbocycles. The van der Waals surface area contributed by atoms with E-state index < -0.39 is 6.04 Å². The highest BCUT2D eigenvalue weighted by Crippen LogP contribution is 2.28. The molecule has 1 N–H and O–H groups in total. The van der Waals surface area contributed by atoms with E-state index >= 15 is 0 Å². The molecular weight excluding hydrogens is 552 g/mol. The summed E-state index contributed by atoms with van der Waals surface area (Å²) in [6.07, 6.45) is 0.424. The van der Waals surface area contributed by atoms with Gasteiger partial charge in [-0.15, -0.1) is 0 Å². The maximum atomic E-state index is 14.1. The topological polar surface area (TPSA) is 77.1 Å². The van der Waals surface area contributed by atoms with Gasteiger partial charge in [-0.3, -0.25) is 9.59 Å². The number of nitrogens with one attached hydrogen (secondary N) is 1. The van der Waals surface area contributed by atoms with E-state index in [9.17, 15) is 9.59 Å². The number of hydrogen-bond acceptors (Lipinski definition) is 5. The van der Waals surface area contributed by atoms with Crippen LogP contribution in [0.3, 0.4) is 0 Å². The van der Waals surface area contributed by atoms with Crippen molar-refractivity contribution in [2.75, 3.05) is 21.3 Å². The van der Waals surface area contributed by atoms with Crippen molar-refractivity contribution in [3.63, 3.8) is 0 Å². The van der Waals surface area contributed by atoms with Gasteiger partial charge in [-0.2, -0.15) is 0 Å². The SMILES string of the molecule is COc1ccc(CN(C(=O)Cc2ccc(OC)c(OC)c2)C(Cc2ccccc2)C(=O)NCc2ccc(Cl)cc2)cc1. The Hall–Kier alpha value is -4.49. The highest BCUT2D eigenvalue weighted by Gasteiger charge is 2.30. The van der Waals surface area contributed by atoms with Crippen molar-refractivity contribution in [1.29, 1.82) is 0 Å². The van der Waals surface area contributed by atoms with Gasteiger partial charge in [-0.25, -0.2) is 0 Å². The summed E-state index contributed by atoms with van der Waals surface area (Å²) in [4.78, 5) is 29.6. The lowest BCUT2D eigenvalue weighted by atomic mass is 10.0. The molecule has 0 heterocycles. The lowest BCUT2D eigenvalue weighted by molar-refractivity contribution is -0.140. The molecule has 0 aromatic heterocycles. The van der Waals surface area contributed by atoms with Crippen molar-refractivity contribution in [1.82, 2.24) is 10.2 Å². The molecule has 218 valence electrons. The maximum absolute atomic E-state index is 14.1. The number of methoxy groups -OCH3 is 3. The molecule has 4 aromatic rings. The van der Waals surface area contributed by atoms with Crippen LogP contribution in [0.15, 0.2) is 97.1 Å². The zero-order valence-electron chi connectivity index (χ0n) is 24.0. The minimum absolute atomic E-state index is 0.0757. The fraction of sp³-hybridized carbons (Fsp3) is 0.235. The summed E-state index contributed by atoms with van der Waals surface area (Å²) < 4.78 is 16.1. The summed E-state index contributed by atoms with van der Waals surface area (Å²) in [6.45, 7) is 0.545. The Kier molecular flexibility index (Phi) is 10.8. The first-order chi connectivity index (χ1) is 20.4. The summed E-state index contributed by atoms with van der Waals surface area (Å²) in [7, 11) is 4.73. The van der Waals surface area contributed by atoms with E-state index in [0.29, 0.717) is 35.2 Å². The number of benzene rings is 4. The second-order valence-electron chi connectivity index (χ2n) is 9.79.